The zero-order chi connectivity index (χ0) is 31.5. The van der Waals surface area contributed by atoms with Crippen LogP contribution in [0.25, 0.3) is 0 Å². The lowest BCUT2D eigenvalue weighted by Crippen LogP contribution is -2.39. The number of carbonyl (C=O) groups is 2. The number of hydrogen-bond donors (Lipinski definition) is 3. The number of halogens is 1. The lowest BCUT2D eigenvalue weighted by molar-refractivity contribution is -0.127. The van der Waals surface area contributed by atoms with Crippen LogP contribution in [0.4, 0.5) is 28.8 Å². The number of rotatable bonds is 6. The van der Waals surface area contributed by atoms with Crippen molar-refractivity contribution < 1.29 is 9.59 Å². The topological polar surface area (TPSA) is 112 Å². The molecule has 4 heterocycles. The van der Waals surface area contributed by atoms with Gasteiger partial charge in [-0.1, -0.05) is 56.3 Å². The van der Waals surface area contributed by atoms with Crippen molar-refractivity contribution in [3.63, 3.8) is 0 Å². The van der Waals surface area contributed by atoms with Gasteiger partial charge in [0.25, 0.3) is 5.91 Å². The second-order valence-electron chi connectivity index (χ2n) is 10.8. The molecule has 0 saturated carbocycles. The molecule has 0 spiro atoms. The van der Waals surface area contributed by atoms with Crippen LogP contribution >= 0.6 is 23.4 Å². The van der Waals surface area contributed by atoms with Gasteiger partial charge in [-0.25, -0.2) is 4.98 Å². The van der Waals surface area contributed by atoms with Gasteiger partial charge in [0, 0.05) is 37.1 Å². The van der Waals surface area contributed by atoms with Crippen molar-refractivity contribution in [2.75, 3.05) is 29.0 Å². The van der Waals surface area contributed by atoms with Crippen LogP contribution in [-0.4, -0.2) is 44.8 Å². The molecule has 0 atom stereocenters. The van der Waals surface area contributed by atoms with E-state index in [1.54, 1.807) is 12.4 Å². The fourth-order valence-corrected chi connectivity index (χ4v) is 5.60. The van der Waals surface area contributed by atoms with E-state index in [1.165, 1.54) is 18.2 Å². The highest BCUT2D eigenvalue weighted by atomic mass is 35.5. The van der Waals surface area contributed by atoms with Crippen LogP contribution in [0.15, 0.2) is 65.8 Å². The molecule has 1 saturated heterocycles. The van der Waals surface area contributed by atoms with Gasteiger partial charge in [0.1, 0.15) is 5.02 Å². The summed E-state index contributed by atoms with van der Waals surface area (Å²) in [6.07, 6.45) is 11.7. The number of nitrogens with zero attached hydrogens (tertiary/aromatic N) is 4. The van der Waals surface area contributed by atoms with Gasteiger partial charge in [-0.15, -0.1) is 0 Å². The summed E-state index contributed by atoms with van der Waals surface area (Å²) in [5.41, 5.74) is 4.40. The molecule has 0 unspecified atom stereocenters. The molecule has 5 rings (SSSR count). The lowest BCUT2D eigenvalue weighted by atomic mass is 9.93. The molecule has 0 aliphatic carbocycles. The van der Waals surface area contributed by atoms with Crippen molar-refractivity contribution in [3.8, 4) is 0 Å². The number of allylic oxidation sites excluding steroid dienone is 1. The van der Waals surface area contributed by atoms with Gasteiger partial charge in [-0.05, 0) is 79.3 Å². The Labute approximate surface area is 269 Å². The van der Waals surface area contributed by atoms with E-state index in [0.717, 1.165) is 47.5 Å². The number of aromatic nitrogens is 3. The predicted molar refractivity (Wildman–Crippen MR) is 182 cm³/mol. The molecule has 11 heteroatoms. The van der Waals surface area contributed by atoms with Gasteiger partial charge in [0.05, 0.1) is 23.0 Å². The highest BCUT2D eigenvalue weighted by Gasteiger charge is 2.26. The Morgan fingerprint density at radius 2 is 1.89 bits per heavy atom. The molecule has 232 valence electrons. The van der Waals surface area contributed by atoms with E-state index in [-0.39, 0.29) is 17.7 Å². The number of carbonyl (C=O) groups excluding carboxylic acids is 2. The number of amides is 2. The van der Waals surface area contributed by atoms with Crippen molar-refractivity contribution in [2.24, 2.45) is 5.92 Å². The van der Waals surface area contributed by atoms with Crippen molar-refractivity contribution in [1.82, 2.24) is 19.9 Å². The average molecular weight is 634 g/mol. The van der Waals surface area contributed by atoms with Gasteiger partial charge in [-0.3, -0.25) is 14.6 Å². The normalized spacial score (nSPS) is 14.5. The van der Waals surface area contributed by atoms with Crippen LogP contribution < -0.4 is 16.0 Å². The number of fused-ring (bicyclic) bond motifs is 6. The van der Waals surface area contributed by atoms with Gasteiger partial charge in [0.2, 0.25) is 11.9 Å². The molecular formula is C33H40ClN7O2S. The van der Waals surface area contributed by atoms with E-state index in [4.69, 9.17) is 11.6 Å². The molecule has 1 aromatic carbocycles. The summed E-state index contributed by atoms with van der Waals surface area (Å²) in [5.74, 6) is 1.05. The third kappa shape index (κ3) is 9.30. The zero-order valence-electron chi connectivity index (χ0n) is 25.5. The van der Waals surface area contributed by atoms with Gasteiger partial charge >= 0.3 is 0 Å². The Bertz CT molecular complexity index is 1510. The minimum atomic E-state index is -0.0287. The fraction of sp³-hybridized carbons (Fsp3) is 0.364. The maximum absolute atomic E-state index is 13.1. The minimum Gasteiger partial charge on any atom is -0.339 e. The second-order valence-corrected chi connectivity index (χ2v) is 12.2. The summed E-state index contributed by atoms with van der Waals surface area (Å²) in [4.78, 5) is 41.3. The van der Waals surface area contributed by atoms with Crippen molar-refractivity contribution in [1.29, 1.82) is 0 Å². The van der Waals surface area contributed by atoms with Crippen molar-refractivity contribution in [3.05, 3.63) is 82.0 Å². The fourth-order valence-electron chi connectivity index (χ4n) is 4.93. The number of likely N-dealkylation sites (tertiary alicyclic amines) is 1. The van der Waals surface area contributed by atoms with Crippen LogP contribution in [0.1, 0.15) is 57.6 Å². The van der Waals surface area contributed by atoms with E-state index < -0.39 is 0 Å². The van der Waals surface area contributed by atoms with Crippen molar-refractivity contribution in [2.45, 2.75) is 59.3 Å². The molecule has 2 aliphatic heterocycles. The SMILES string of the molecule is C=C(S/C=C\C)C(=O)N1CCC(CC(=O)Nc2ccc3cc2CCc2cncc(c2)Nc2ncc(Cl)c(n2)N3)CC1.CCC. The van der Waals surface area contributed by atoms with Crippen LogP contribution in [0.5, 0.6) is 0 Å². The van der Waals surface area contributed by atoms with Crippen LogP contribution in [0, 0.1) is 5.92 Å². The standard InChI is InChI=1S/C30H32ClN7O2S.C3H8/c1-3-12-41-19(2)29(40)38-10-8-20(9-11-38)14-27(39)36-26-7-6-23-15-22(26)5-4-21-13-24(17-32-16-21)35-30-33-18-25(31)28(34-23)37-30;1-3-2/h3,6-7,12-13,15-18,20H,2,4-5,8-11,14H2,1H3,(H,36,39)(H2,33,34,35,37);3H2,1-2H3/b12-3-;. The number of anilines is 5. The van der Waals surface area contributed by atoms with E-state index in [1.807, 2.05) is 53.8 Å². The number of thioether (sulfide) groups is 1. The Morgan fingerprint density at radius 3 is 2.64 bits per heavy atom. The molecule has 3 N–H and O–H groups in total. The first kappa shape index (κ1) is 33.0. The van der Waals surface area contributed by atoms with Crippen molar-refractivity contribution >= 4 is 64.0 Å². The first-order chi connectivity index (χ1) is 21.3. The number of hydrogen-bond acceptors (Lipinski definition) is 8. The molecule has 44 heavy (non-hydrogen) atoms. The number of aryl methyl sites for hydroxylation is 2. The summed E-state index contributed by atoms with van der Waals surface area (Å²) >= 11 is 7.72. The zero-order valence-corrected chi connectivity index (χ0v) is 27.1. The quantitative estimate of drug-likeness (QED) is 0.235. The number of benzene rings is 1. The number of piperidine rings is 1. The van der Waals surface area contributed by atoms with E-state index in [9.17, 15) is 9.59 Å². The Balaban J connectivity index is 0.00000141. The average Bonchev–Trinajstić information content (AvgIpc) is 3.02. The lowest BCUT2D eigenvalue weighted by Gasteiger charge is -2.32. The first-order valence-electron chi connectivity index (χ1n) is 15.0. The predicted octanol–water partition coefficient (Wildman–Crippen LogP) is 7.87. The molecule has 3 aromatic rings. The third-order valence-corrected chi connectivity index (χ3v) is 8.22. The van der Waals surface area contributed by atoms with E-state index in [2.05, 4.69) is 51.3 Å². The highest BCUT2D eigenvalue weighted by molar-refractivity contribution is 8.06. The molecule has 2 amide bonds. The van der Waals surface area contributed by atoms with Crippen LogP contribution in [0.3, 0.4) is 0 Å². The van der Waals surface area contributed by atoms with Crippen LogP contribution in [-0.2, 0) is 22.4 Å². The molecule has 6 bridgehead atoms. The first-order valence-corrected chi connectivity index (χ1v) is 16.2. The molecular weight excluding hydrogens is 594 g/mol. The van der Waals surface area contributed by atoms with E-state index in [0.29, 0.717) is 47.6 Å². The minimum absolute atomic E-state index is 0.0271. The van der Waals surface area contributed by atoms with Gasteiger partial charge < -0.3 is 20.9 Å². The smallest absolute Gasteiger partial charge is 0.259 e. The van der Waals surface area contributed by atoms with E-state index >= 15 is 0 Å². The molecule has 0 radical (unpaired) electrons. The maximum atomic E-state index is 13.1. The highest BCUT2D eigenvalue weighted by Crippen LogP contribution is 2.30. The Kier molecular flexibility index (Phi) is 12.2. The number of pyridine rings is 1. The largest absolute Gasteiger partial charge is 0.339 e. The summed E-state index contributed by atoms with van der Waals surface area (Å²) in [6, 6.07) is 7.84. The van der Waals surface area contributed by atoms with Gasteiger partial charge in [0.15, 0.2) is 5.82 Å². The molecule has 2 aliphatic rings. The molecule has 2 aromatic heterocycles. The maximum Gasteiger partial charge on any atom is 0.259 e. The Hall–Kier alpha value is -3.89. The number of nitrogens with one attached hydrogen (secondary N) is 3. The monoisotopic (exact) mass is 633 g/mol. The molecule has 9 nitrogen and oxygen atoms in total. The Morgan fingerprint density at radius 1 is 1.11 bits per heavy atom. The summed E-state index contributed by atoms with van der Waals surface area (Å²) < 4.78 is 0. The summed E-state index contributed by atoms with van der Waals surface area (Å²) in [5, 5.41) is 11.9. The van der Waals surface area contributed by atoms with Gasteiger partial charge in [-0.2, -0.15) is 4.98 Å². The second kappa shape index (κ2) is 16.3. The third-order valence-electron chi connectivity index (χ3n) is 7.08. The summed E-state index contributed by atoms with van der Waals surface area (Å²) in [7, 11) is 0. The summed E-state index contributed by atoms with van der Waals surface area (Å²) in [6.45, 7) is 11.3. The van der Waals surface area contributed by atoms with Crippen LogP contribution in [0.2, 0.25) is 5.02 Å². The molecule has 1 fully saturated rings.